The van der Waals surface area contributed by atoms with Gasteiger partial charge in [0.05, 0.1) is 18.9 Å². The fourth-order valence-electron chi connectivity index (χ4n) is 2.77. The van der Waals surface area contributed by atoms with Gasteiger partial charge in [-0.05, 0) is 54.8 Å². The first-order valence-corrected chi connectivity index (χ1v) is 11.6. The lowest BCUT2D eigenvalue weighted by molar-refractivity contribution is 0.340. The van der Waals surface area contributed by atoms with Crippen LogP contribution in [0.4, 0.5) is 4.39 Å². The monoisotopic (exact) mass is 421 g/mol. The third-order valence-corrected chi connectivity index (χ3v) is 4.84. The molecule has 2 N–H and O–H groups in total. The van der Waals surface area contributed by atoms with E-state index < -0.39 is 15.7 Å². The summed E-state index contributed by atoms with van der Waals surface area (Å²) in [5.74, 6) is 0.809. The summed E-state index contributed by atoms with van der Waals surface area (Å²) >= 11 is 0. The quantitative estimate of drug-likeness (QED) is 0.481. The number of ether oxygens (including phenoxy) is 1. The number of benzene rings is 2. The van der Waals surface area contributed by atoms with E-state index in [1.54, 1.807) is 0 Å². The van der Waals surface area contributed by atoms with Gasteiger partial charge in [-0.15, -0.1) is 0 Å². The molecule has 0 saturated heterocycles. The molecule has 0 saturated carbocycles. The van der Waals surface area contributed by atoms with E-state index in [1.165, 1.54) is 18.2 Å². The summed E-state index contributed by atoms with van der Waals surface area (Å²) in [5.41, 5.74) is 2.15. The van der Waals surface area contributed by atoms with Gasteiger partial charge in [0.15, 0.2) is 15.8 Å². The van der Waals surface area contributed by atoms with Gasteiger partial charge >= 0.3 is 0 Å². The van der Waals surface area contributed by atoms with Crippen LogP contribution in [0.3, 0.4) is 0 Å². The number of nitrogens with one attached hydrogen (secondary N) is 2. The Morgan fingerprint density at radius 2 is 1.90 bits per heavy atom. The van der Waals surface area contributed by atoms with Gasteiger partial charge in [-0.25, -0.2) is 17.8 Å². The molecule has 0 atom stereocenters. The minimum absolute atomic E-state index is 0.137. The van der Waals surface area contributed by atoms with E-state index in [0.29, 0.717) is 36.8 Å². The van der Waals surface area contributed by atoms with Crippen molar-refractivity contribution < 1.29 is 17.5 Å². The van der Waals surface area contributed by atoms with Crippen molar-refractivity contribution in [2.75, 3.05) is 19.4 Å². The van der Waals surface area contributed by atoms with Crippen LogP contribution in [0.1, 0.15) is 30.5 Å². The van der Waals surface area contributed by atoms with Crippen molar-refractivity contribution >= 4 is 15.8 Å². The molecule has 2 aromatic carbocycles. The Labute approximate surface area is 172 Å². The zero-order chi connectivity index (χ0) is 21.3. The Morgan fingerprint density at radius 3 is 2.59 bits per heavy atom. The van der Waals surface area contributed by atoms with E-state index in [0.717, 1.165) is 17.6 Å². The van der Waals surface area contributed by atoms with Crippen molar-refractivity contribution in [3.63, 3.8) is 0 Å². The average Bonchev–Trinajstić information content (AvgIpc) is 2.65. The fourth-order valence-corrected chi connectivity index (χ4v) is 3.62. The summed E-state index contributed by atoms with van der Waals surface area (Å²) in [6.45, 7) is 5.83. The SMILES string of the molecule is CCNC(=NCc1cccc(OCC)c1)NCc1cc(F)ccc1CS(C)(=O)=O. The molecule has 2 rings (SSSR count). The topological polar surface area (TPSA) is 79.8 Å². The molecule has 0 heterocycles. The van der Waals surface area contributed by atoms with Crippen molar-refractivity contribution in [2.24, 2.45) is 4.99 Å². The lowest BCUT2D eigenvalue weighted by atomic mass is 10.1. The molecule has 0 aliphatic carbocycles. The second-order valence-corrected chi connectivity index (χ2v) is 8.75. The maximum Gasteiger partial charge on any atom is 0.191 e. The summed E-state index contributed by atoms with van der Waals surface area (Å²) in [6.07, 6.45) is 1.16. The molecule has 2 aromatic rings. The molecule has 0 amide bonds. The molecule has 0 aromatic heterocycles. The molecule has 0 aliphatic rings. The molecule has 0 radical (unpaired) electrons. The second kappa shape index (κ2) is 10.8. The van der Waals surface area contributed by atoms with Gasteiger partial charge in [0.25, 0.3) is 0 Å². The number of halogens is 1. The van der Waals surface area contributed by atoms with Crippen LogP contribution in [-0.2, 0) is 28.7 Å². The summed E-state index contributed by atoms with van der Waals surface area (Å²) in [6, 6.07) is 11.8. The van der Waals surface area contributed by atoms with Crippen molar-refractivity contribution in [3.8, 4) is 5.75 Å². The van der Waals surface area contributed by atoms with Crippen LogP contribution >= 0.6 is 0 Å². The molecule has 0 spiro atoms. The van der Waals surface area contributed by atoms with Crippen molar-refractivity contribution in [1.82, 2.24) is 10.6 Å². The van der Waals surface area contributed by atoms with Crippen LogP contribution in [0.15, 0.2) is 47.5 Å². The molecule has 0 fully saturated rings. The predicted molar refractivity (Wildman–Crippen MR) is 114 cm³/mol. The Bertz CT molecular complexity index is 946. The van der Waals surface area contributed by atoms with E-state index in [1.807, 2.05) is 38.1 Å². The number of hydrogen-bond acceptors (Lipinski definition) is 4. The number of aliphatic imine (C=N–C) groups is 1. The summed E-state index contributed by atoms with van der Waals surface area (Å²) in [7, 11) is -3.22. The lowest BCUT2D eigenvalue weighted by Gasteiger charge is -2.14. The number of rotatable bonds is 9. The maximum absolute atomic E-state index is 13.7. The molecule has 8 heteroatoms. The second-order valence-electron chi connectivity index (χ2n) is 6.61. The van der Waals surface area contributed by atoms with Gasteiger partial charge in [-0.2, -0.15) is 0 Å². The van der Waals surface area contributed by atoms with Gasteiger partial charge in [-0.1, -0.05) is 18.2 Å². The Balaban J connectivity index is 2.12. The van der Waals surface area contributed by atoms with E-state index >= 15 is 0 Å². The highest BCUT2D eigenvalue weighted by Gasteiger charge is 2.11. The van der Waals surface area contributed by atoms with Gasteiger partial charge < -0.3 is 15.4 Å². The minimum atomic E-state index is -3.22. The third-order valence-electron chi connectivity index (χ3n) is 4.01. The Morgan fingerprint density at radius 1 is 1.10 bits per heavy atom. The van der Waals surface area contributed by atoms with Gasteiger partial charge in [-0.3, -0.25) is 0 Å². The summed E-state index contributed by atoms with van der Waals surface area (Å²) in [5, 5.41) is 6.29. The highest BCUT2D eigenvalue weighted by Crippen LogP contribution is 2.15. The Hall–Kier alpha value is -2.61. The zero-order valence-corrected chi connectivity index (χ0v) is 17.9. The largest absolute Gasteiger partial charge is 0.494 e. The van der Waals surface area contributed by atoms with Crippen LogP contribution in [-0.4, -0.2) is 33.8 Å². The van der Waals surface area contributed by atoms with Crippen molar-refractivity contribution in [3.05, 3.63) is 65.0 Å². The van der Waals surface area contributed by atoms with Crippen molar-refractivity contribution in [1.29, 1.82) is 0 Å². The smallest absolute Gasteiger partial charge is 0.191 e. The first kappa shape index (κ1) is 22.7. The van der Waals surface area contributed by atoms with Crippen LogP contribution in [0.25, 0.3) is 0 Å². The molecule has 6 nitrogen and oxygen atoms in total. The molecular formula is C21H28FN3O3S. The summed E-state index contributed by atoms with van der Waals surface area (Å²) < 4.78 is 42.5. The number of guanidine groups is 1. The average molecular weight is 422 g/mol. The molecular weight excluding hydrogens is 393 g/mol. The third kappa shape index (κ3) is 8.11. The van der Waals surface area contributed by atoms with Crippen LogP contribution in [0, 0.1) is 5.82 Å². The number of nitrogens with zero attached hydrogens (tertiary/aromatic N) is 1. The highest BCUT2D eigenvalue weighted by molar-refractivity contribution is 7.89. The number of hydrogen-bond donors (Lipinski definition) is 2. The normalized spacial score (nSPS) is 11.9. The number of sulfone groups is 1. The molecule has 158 valence electrons. The molecule has 29 heavy (non-hydrogen) atoms. The van der Waals surface area contributed by atoms with Gasteiger partial charge in [0, 0.05) is 19.3 Å². The maximum atomic E-state index is 13.7. The van der Waals surface area contributed by atoms with Gasteiger partial charge in [0.2, 0.25) is 0 Å². The van der Waals surface area contributed by atoms with Crippen molar-refractivity contribution in [2.45, 2.75) is 32.7 Å². The van der Waals surface area contributed by atoms with E-state index in [4.69, 9.17) is 4.74 Å². The fraction of sp³-hybridized carbons (Fsp3) is 0.381. The first-order valence-electron chi connectivity index (χ1n) is 9.49. The predicted octanol–water partition coefficient (Wildman–Crippen LogP) is 3.02. The van der Waals surface area contributed by atoms with E-state index in [9.17, 15) is 12.8 Å². The van der Waals surface area contributed by atoms with Gasteiger partial charge in [0.1, 0.15) is 11.6 Å². The zero-order valence-electron chi connectivity index (χ0n) is 17.0. The van der Waals surface area contributed by atoms with Crippen LogP contribution < -0.4 is 15.4 Å². The standard InChI is InChI=1S/C21H28FN3O3S/c1-4-23-21(24-13-16-7-6-8-20(11-16)28-5-2)25-14-18-12-19(22)10-9-17(18)15-29(3,26)27/h6-12H,4-5,13-15H2,1-3H3,(H2,23,24,25). The van der Waals surface area contributed by atoms with E-state index in [-0.39, 0.29) is 12.3 Å². The first-order chi connectivity index (χ1) is 13.8. The highest BCUT2D eigenvalue weighted by atomic mass is 32.2. The van der Waals surface area contributed by atoms with E-state index in [2.05, 4.69) is 15.6 Å². The lowest BCUT2D eigenvalue weighted by Crippen LogP contribution is -2.37. The van der Waals surface area contributed by atoms with Crippen LogP contribution in [0.5, 0.6) is 5.75 Å². The van der Waals surface area contributed by atoms with Crippen LogP contribution in [0.2, 0.25) is 0 Å². The molecule has 0 aliphatic heterocycles. The Kier molecular flexibility index (Phi) is 8.45. The summed E-state index contributed by atoms with van der Waals surface area (Å²) in [4.78, 5) is 4.55. The molecule has 0 bridgehead atoms. The molecule has 0 unspecified atom stereocenters. The minimum Gasteiger partial charge on any atom is -0.494 e.